The zero-order valence-corrected chi connectivity index (χ0v) is 7.56. The summed E-state index contributed by atoms with van der Waals surface area (Å²) in [5.74, 6) is 0.842. The summed E-state index contributed by atoms with van der Waals surface area (Å²) in [5.41, 5.74) is 6.49. The molecule has 4 aliphatic rings. The number of aryl methyl sites for hydroxylation is 1. The van der Waals surface area contributed by atoms with Crippen molar-refractivity contribution in [3.8, 4) is 0 Å². The van der Waals surface area contributed by atoms with Gasteiger partial charge < -0.3 is 0 Å². The Hall–Kier alpha value is -0.780. The van der Waals surface area contributed by atoms with Crippen molar-refractivity contribution in [1.29, 1.82) is 0 Å². The molecule has 0 saturated heterocycles. The van der Waals surface area contributed by atoms with E-state index in [0.29, 0.717) is 0 Å². The fourth-order valence-corrected chi connectivity index (χ4v) is 2.72. The summed E-state index contributed by atoms with van der Waals surface area (Å²) in [6, 6.07) is 4.82. The third kappa shape index (κ3) is 0.682. The second kappa shape index (κ2) is 2.12. The fourth-order valence-electron chi connectivity index (χ4n) is 2.72. The quantitative estimate of drug-likeness (QED) is 0.544. The number of rotatable bonds is 0. The van der Waals surface area contributed by atoms with Gasteiger partial charge >= 0.3 is 0 Å². The van der Waals surface area contributed by atoms with Crippen molar-refractivity contribution in [3.63, 3.8) is 0 Å². The summed E-state index contributed by atoms with van der Waals surface area (Å²) < 4.78 is 0. The Balaban J connectivity index is 2.20. The molecule has 0 heteroatoms. The molecular weight excluding hydrogens is 144 g/mol. The van der Waals surface area contributed by atoms with Gasteiger partial charge in [0.05, 0.1) is 0 Å². The lowest BCUT2D eigenvalue weighted by Crippen LogP contribution is -2.18. The van der Waals surface area contributed by atoms with E-state index >= 15 is 0 Å². The van der Waals surface area contributed by atoms with Crippen LogP contribution >= 0.6 is 0 Å². The van der Waals surface area contributed by atoms with Crippen LogP contribution in [0.3, 0.4) is 0 Å². The van der Waals surface area contributed by atoms with E-state index in [-0.39, 0.29) is 0 Å². The van der Waals surface area contributed by atoms with Crippen molar-refractivity contribution in [1.82, 2.24) is 0 Å². The van der Waals surface area contributed by atoms with Crippen molar-refractivity contribution in [3.05, 3.63) is 34.4 Å². The molecule has 0 nitrogen and oxygen atoms in total. The first-order chi connectivity index (χ1) is 5.86. The highest BCUT2D eigenvalue weighted by Gasteiger charge is 2.28. The first-order valence-electron chi connectivity index (χ1n) is 4.99. The van der Waals surface area contributed by atoms with Crippen molar-refractivity contribution < 1.29 is 0 Å². The van der Waals surface area contributed by atoms with Gasteiger partial charge in [-0.15, -0.1) is 0 Å². The third-order valence-electron chi connectivity index (χ3n) is 3.54. The van der Waals surface area contributed by atoms with E-state index in [1.54, 1.807) is 22.3 Å². The number of hydrogen-bond acceptors (Lipinski definition) is 0. The number of hydrogen-bond donors (Lipinski definition) is 0. The lowest BCUT2D eigenvalue weighted by Gasteiger charge is -2.34. The molecule has 4 bridgehead atoms. The van der Waals surface area contributed by atoms with E-state index in [1.165, 1.54) is 25.7 Å². The van der Waals surface area contributed by atoms with E-state index in [1.807, 2.05) is 0 Å². The van der Waals surface area contributed by atoms with Crippen molar-refractivity contribution in [2.45, 2.75) is 38.5 Å². The molecule has 1 unspecified atom stereocenters. The highest BCUT2D eigenvalue weighted by Crippen LogP contribution is 2.44. The lowest BCUT2D eigenvalue weighted by atomic mass is 9.71. The van der Waals surface area contributed by atoms with Gasteiger partial charge in [0, 0.05) is 5.92 Å². The van der Waals surface area contributed by atoms with Crippen molar-refractivity contribution >= 4 is 0 Å². The Morgan fingerprint density at radius 3 is 3.00 bits per heavy atom. The number of benzene rings is 1. The molecular formula is C12H14. The van der Waals surface area contributed by atoms with E-state index in [2.05, 4.69) is 19.1 Å². The van der Waals surface area contributed by atoms with Crippen LogP contribution in [0.1, 0.15) is 47.4 Å². The molecule has 1 aromatic carbocycles. The molecule has 0 aromatic heterocycles. The summed E-state index contributed by atoms with van der Waals surface area (Å²) in [4.78, 5) is 0. The third-order valence-corrected chi connectivity index (χ3v) is 3.54. The molecule has 12 heavy (non-hydrogen) atoms. The van der Waals surface area contributed by atoms with Gasteiger partial charge in [-0.3, -0.25) is 0 Å². The average Bonchev–Trinajstić information content (AvgIpc) is 2.02. The Morgan fingerprint density at radius 1 is 1.25 bits per heavy atom. The fraction of sp³-hybridized carbons (Fsp3) is 0.500. The maximum Gasteiger partial charge on any atom is 0.00923 e. The summed E-state index contributed by atoms with van der Waals surface area (Å²) in [7, 11) is 0. The molecule has 0 heterocycles. The summed E-state index contributed by atoms with van der Waals surface area (Å²) in [5, 5.41) is 0. The van der Waals surface area contributed by atoms with Gasteiger partial charge in [-0.1, -0.05) is 18.6 Å². The normalized spacial score (nSPS) is 24.6. The van der Waals surface area contributed by atoms with Crippen LogP contribution in [-0.2, 0) is 6.42 Å². The smallest absolute Gasteiger partial charge is 0.00923 e. The Labute approximate surface area is 73.6 Å². The highest BCUT2D eigenvalue weighted by molar-refractivity contribution is 5.53. The predicted molar refractivity (Wildman–Crippen MR) is 50.6 cm³/mol. The Morgan fingerprint density at radius 2 is 2.17 bits per heavy atom. The average molecular weight is 158 g/mol. The predicted octanol–water partition coefficient (Wildman–Crippen LogP) is 3.17. The zero-order chi connectivity index (χ0) is 8.13. The number of fused-ring (bicyclic) bond motifs is 3. The molecule has 1 aromatic rings. The minimum Gasteiger partial charge on any atom is -0.0549 e. The van der Waals surface area contributed by atoms with Gasteiger partial charge in [0.2, 0.25) is 0 Å². The van der Waals surface area contributed by atoms with Crippen LogP contribution in [-0.4, -0.2) is 0 Å². The van der Waals surface area contributed by atoms with Crippen LogP contribution in [0.5, 0.6) is 0 Å². The van der Waals surface area contributed by atoms with Gasteiger partial charge in [-0.2, -0.15) is 0 Å². The van der Waals surface area contributed by atoms with E-state index in [0.717, 1.165) is 5.92 Å². The van der Waals surface area contributed by atoms with Gasteiger partial charge in [-0.25, -0.2) is 0 Å². The molecule has 62 valence electrons. The molecule has 4 aliphatic carbocycles. The Kier molecular flexibility index (Phi) is 1.19. The maximum absolute atomic E-state index is 2.44. The largest absolute Gasteiger partial charge is 0.0549 e. The maximum atomic E-state index is 2.44. The van der Waals surface area contributed by atoms with E-state index in [4.69, 9.17) is 0 Å². The topological polar surface area (TPSA) is 0 Å². The highest BCUT2D eigenvalue weighted by atomic mass is 14.3. The molecule has 1 atom stereocenters. The molecule has 5 rings (SSSR count). The van der Waals surface area contributed by atoms with Crippen LogP contribution in [0.15, 0.2) is 12.1 Å². The van der Waals surface area contributed by atoms with Crippen LogP contribution in [0.25, 0.3) is 0 Å². The van der Waals surface area contributed by atoms with Crippen LogP contribution in [0.2, 0.25) is 0 Å². The van der Waals surface area contributed by atoms with Gasteiger partial charge in [0.1, 0.15) is 0 Å². The molecule has 0 amide bonds. The standard InChI is InChI=1S/C12H14/c1-8-9-4-2-3-5-11-10(6-9)7-12(8)11/h6-7,11H,2-5H2,1H3. The van der Waals surface area contributed by atoms with Crippen molar-refractivity contribution in [2.24, 2.45) is 0 Å². The minimum atomic E-state index is 0.842. The molecule has 0 radical (unpaired) electrons. The lowest BCUT2D eigenvalue weighted by molar-refractivity contribution is 0.578. The van der Waals surface area contributed by atoms with E-state index in [9.17, 15) is 0 Å². The molecule has 0 fully saturated rings. The first-order valence-corrected chi connectivity index (χ1v) is 4.99. The minimum absolute atomic E-state index is 0.842. The molecule has 0 N–H and O–H groups in total. The zero-order valence-electron chi connectivity index (χ0n) is 7.56. The second-order valence-corrected chi connectivity index (χ2v) is 4.19. The van der Waals surface area contributed by atoms with E-state index < -0.39 is 0 Å². The summed E-state index contributed by atoms with van der Waals surface area (Å²) in [6.45, 7) is 2.30. The molecule has 0 spiro atoms. The molecule has 0 aliphatic heterocycles. The first kappa shape index (κ1) is 6.71. The van der Waals surface area contributed by atoms with Crippen LogP contribution in [0.4, 0.5) is 0 Å². The monoisotopic (exact) mass is 158 g/mol. The van der Waals surface area contributed by atoms with Gasteiger partial charge in [0.25, 0.3) is 0 Å². The van der Waals surface area contributed by atoms with Gasteiger partial charge in [-0.05, 0) is 48.4 Å². The Bertz CT molecular complexity index is 332. The SMILES string of the molecule is Cc1c2cc3cc1C3CCCC2. The summed E-state index contributed by atoms with van der Waals surface area (Å²) >= 11 is 0. The van der Waals surface area contributed by atoms with Gasteiger partial charge in [0.15, 0.2) is 0 Å². The van der Waals surface area contributed by atoms with Crippen LogP contribution in [0, 0.1) is 6.92 Å². The second-order valence-electron chi connectivity index (χ2n) is 4.19. The van der Waals surface area contributed by atoms with Crippen LogP contribution < -0.4 is 0 Å². The van der Waals surface area contributed by atoms with Crippen molar-refractivity contribution in [2.75, 3.05) is 0 Å². The summed E-state index contributed by atoms with van der Waals surface area (Å²) in [6.07, 6.45) is 5.55. The molecule has 0 saturated carbocycles.